The second-order valence-corrected chi connectivity index (χ2v) is 6.11. The minimum atomic E-state index is 0.0752. The van der Waals surface area contributed by atoms with Gasteiger partial charge in [-0.3, -0.25) is 4.79 Å². The summed E-state index contributed by atoms with van der Waals surface area (Å²) in [6.07, 6.45) is 0. The van der Waals surface area contributed by atoms with E-state index in [1.807, 2.05) is 36.4 Å². The van der Waals surface area contributed by atoms with Crippen LogP contribution in [0.25, 0.3) is 0 Å². The normalized spacial score (nSPS) is 10.3. The molecule has 0 aliphatic carbocycles. The number of carbonyl (C=O) groups is 1. The predicted octanol–water partition coefficient (Wildman–Crippen LogP) is 4.03. The average Bonchev–Trinajstić information content (AvgIpc) is 2.54. The number of hydrogen-bond acceptors (Lipinski definition) is 2. The summed E-state index contributed by atoms with van der Waals surface area (Å²) in [5.74, 6) is 7.02. The first kappa shape index (κ1) is 17.0. The summed E-state index contributed by atoms with van der Waals surface area (Å²) < 4.78 is 0. The van der Waals surface area contributed by atoms with Crippen molar-refractivity contribution >= 4 is 5.78 Å². The van der Waals surface area contributed by atoms with Gasteiger partial charge in [0.15, 0.2) is 5.78 Å². The Kier molecular flexibility index (Phi) is 6.14. The second-order valence-electron chi connectivity index (χ2n) is 6.11. The third-order valence-corrected chi connectivity index (χ3v) is 3.48. The molecule has 0 radical (unpaired) electrons. The molecule has 2 aromatic carbocycles. The molecule has 118 valence electrons. The number of Topliss-reactive ketones (excluding diaryl/α,β-unsaturated/α-hetero) is 1. The maximum Gasteiger partial charge on any atom is 0.159 e. The van der Waals surface area contributed by atoms with Gasteiger partial charge in [-0.05, 0) is 49.2 Å². The van der Waals surface area contributed by atoms with Crippen LogP contribution >= 0.6 is 0 Å². The maximum atomic E-state index is 11.2. The first-order chi connectivity index (χ1) is 11.0. The smallest absolute Gasteiger partial charge is 0.159 e. The summed E-state index contributed by atoms with van der Waals surface area (Å²) in [6.45, 7) is 7.89. The van der Waals surface area contributed by atoms with E-state index >= 15 is 0 Å². The van der Waals surface area contributed by atoms with Crippen LogP contribution in [0, 0.1) is 17.8 Å². The molecular formula is C21H23NO. The summed E-state index contributed by atoms with van der Waals surface area (Å²) >= 11 is 0. The molecule has 0 saturated carbocycles. The Labute approximate surface area is 138 Å². The molecule has 1 N–H and O–H groups in total. The number of benzene rings is 2. The third kappa shape index (κ3) is 5.73. The highest BCUT2D eigenvalue weighted by Gasteiger charge is 1.97. The lowest BCUT2D eigenvalue weighted by Gasteiger charge is -2.07. The number of ketones is 1. The van der Waals surface area contributed by atoms with E-state index in [0.717, 1.165) is 24.2 Å². The van der Waals surface area contributed by atoms with E-state index in [9.17, 15) is 4.79 Å². The highest BCUT2D eigenvalue weighted by atomic mass is 16.1. The van der Waals surface area contributed by atoms with E-state index < -0.39 is 0 Å². The number of rotatable bonds is 5. The van der Waals surface area contributed by atoms with Gasteiger partial charge in [0.1, 0.15) is 0 Å². The SMILES string of the molecule is CC(=O)c1ccc(C#Cc2ccc(CNCC(C)C)cc2)cc1. The first-order valence-electron chi connectivity index (χ1n) is 7.97. The van der Waals surface area contributed by atoms with Crippen molar-refractivity contribution in [1.29, 1.82) is 0 Å². The van der Waals surface area contributed by atoms with Gasteiger partial charge in [0.25, 0.3) is 0 Å². The van der Waals surface area contributed by atoms with Crippen molar-refractivity contribution in [2.45, 2.75) is 27.3 Å². The Hall–Kier alpha value is -2.37. The van der Waals surface area contributed by atoms with E-state index in [1.54, 1.807) is 6.92 Å². The summed E-state index contributed by atoms with van der Waals surface area (Å²) in [6, 6.07) is 15.7. The lowest BCUT2D eigenvalue weighted by atomic mass is 10.1. The lowest BCUT2D eigenvalue weighted by molar-refractivity contribution is 0.101. The standard InChI is InChI=1S/C21H23NO/c1-16(2)14-22-15-20-8-6-18(7-9-20)4-5-19-10-12-21(13-11-19)17(3)23/h6-13,16,22H,14-15H2,1-3H3. The minimum Gasteiger partial charge on any atom is -0.312 e. The van der Waals surface area contributed by atoms with Gasteiger partial charge in [-0.15, -0.1) is 0 Å². The fourth-order valence-corrected chi connectivity index (χ4v) is 2.14. The van der Waals surface area contributed by atoms with Gasteiger partial charge in [0.2, 0.25) is 0 Å². The molecule has 0 fully saturated rings. The molecule has 0 aromatic heterocycles. The van der Waals surface area contributed by atoms with Crippen LogP contribution in [0.2, 0.25) is 0 Å². The third-order valence-electron chi connectivity index (χ3n) is 3.48. The highest BCUT2D eigenvalue weighted by Crippen LogP contribution is 2.06. The topological polar surface area (TPSA) is 29.1 Å². The summed E-state index contributed by atoms with van der Waals surface area (Å²) in [5, 5.41) is 3.43. The quantitative estimate of drug-likeness (QED) is 0.667. The Morgan fingerprint density at radius 1 is 0.957 bits per heavy atom. The summed E-state index contributed by atoms with van der Waals surface area (Å²) in [5.41, 5.74) is 3.89. The molecule has 0 spiro atoms. The molecule has 0 heterocycles. The Bertz CT molecular complexity index is 700. The molecule has 0 bridgehead atoms. The molecular weight excluding hydrogens is 282 g/mol. The van der Waals surface area contributed by atoms with Crippen LogP contribution in [-0.2, 0) is 6.54 Å². The van der Waals surface area contributed by atoms with Crippen LogP contribution in [0.3, 0.4) is 0 Å². The number of hydrogen-bond donors (Lipinski definition) is 1. The summed E-state index contributed by atoms with van der Waals surface area (Å²) in [4.78, 5) is 11.2. The number of nitrogens with one attached hydrogen (secondary N) is 1. The fourth-order valence-electron chi connectivity index (χ4n) is 2.14. The van der Waals surface area contributed by atoms with Crippen molar-refractivity contribution < 1.29 is 4.79 Å². The molecule has 0 atom stereocenters. The van der Waals surface area contributed by atoms with Crippen LogP contribution in [0.5, 0.6) is 0 Å². The monoisotopic (exact) mass is 305 g/mol. The van der Waals surface area contributed by atoms with Crippen LogP contribution in [0.4, 0.5) is 0 Å². The van der Waals surface area contributed by atoms with Gasteiger partial charge >= 0.3 is 0 Å². The number of carbonyl (C=O) groups excluding carboxylic acids is 1. The minimum absolute atomic E-state index is 0.0752. The molecule has 23 heavy (non-hydrogen) atoms. The van der Waals surface area contributed by atoms with Gasteiger partial charge < -0.3 is 5.32 Å². The van der Waals surface area contributed by atoms with Crippen LogP contribution in [-0.4, -0.2) is 12.3 Å². The van der Waals surface area contributed by atoms with Crippen LogP contribution < -0.4 is 5.32 Å². The molecule has 0 saturated heterocycles. The largest absolute Gasteiger partial charge is 0.312 e. The van der Waals surface area contributed by atoms with E-state index in [4.69, 9.17) is 0 Å². The Morgan fingerprint density at radius 3 is 1.96 bits per heavy atom. The van der Waals surface area contributed by atoms with Crippen molar-refractivity contribution in [3.05, 3.63) is 70.8 Å². The molecule has 0 aliphatic heterocycles. The van der Waals surface area contributed by atoms with Gasteiger partial charge in [0, 0.05) is 23.2 Å². The van der Waals surface area contributed by atoms with E-state index in [1.165, 1.54) is 5.56 Å². The first-order valence-corrected chi connectivity index (χ1v) is 7.97. The van der Waals surface area contributed by atoms with Crippen molar-refractivity contribution in [1.82, 2.24) is 5.32 Å². The van der Waals surface area contributed by atoms with E-state index in [0.29, 0.717) is 11.5 Å². The average molecular weight is 305 g/mol. The van der Waals surface area contributed by atoms with Crippen molar-refractivity contribution in [2.75, 3.05) is 6.54 Å². The molecule has 2 aromatic rings. The molecule has 2 nitrogen and oxygen atoms in total. The zero-order valence-electron chi connectivity index (χ0n) is 14.0. The van der Waals surface area contributed by atoms with Gasteiger partial charge in [0.05, 0.1) is 0 Å². The zero-order valence-corrected chi connectivity index (χ0v) is 14.0. The Morgan fingerprint density at radius 2 is 1.48 bits per heavy atom. The molecule has 2 heteroatoms. The van der Waals surface area contributed by atoms with Crippen molar-refractivity contribution in [2.24, 2.45) is 5.92 Å². The molecule has 0 unspecified atom stereocenters. The fraction of sp³-hybridized carbons (Fsp3) is 0.286. The van der Waals surface area contributed by atoms with Gasteiger partial charge in [-0.1, -0.05) is 50.0 Å². The van der Waals surface area contributed by atoms with Crippen molar-refractivity contribution in [3.63, 3.8) is 0 Å². The van der Waals surface area contributed by atoms with Gasteiger partial charge in [-0.2, -0.15) is 0 Å². The van der Waals surface area contributed by atoms with E-state index in [2.05, 4.69) is 43.1 Å². The molecule has 2 rings (SSSR count). The van der Waals surface area contributed by atoms with Crippen LogP contribution in [0.15, 0.2) is 48.5 Å². The Balaban J connectivity index is 1.97. The van der Waals surface area contributed by atoms with Crippen molar-refractivity contribution in [3.8, 4) is 11.8 Å². The van der Waals surface area contributed by atoms with Crippen LogP contribution in [0.1, 0.15) is 47.8 Å². The maximum absolute atomic E-state index is 11.2. The lowest BCUT2D eigenvalue weighted by Crippen LogP contribution is -2.18. The van der Waals surface area contributed by atoms with E-state index in [-0.39, 0.29) is 5.78 Å². The summed E-state index contributed by atoms with van der Waals surface area (Å²) in [7, 11) is 0. The van der Waals surface area contributed by atoms with Gasteiger partial charge in [-0.25, -0.2) is 0 Å². The predicted molar refractivity (Wildman–Crippen MR) is 95.4 cm³/mol. The molecule has 0 amide bonds. The second kappa shape index (κ2) is 8.31. The molecule has 0 aliphatic rings. The zero-order chi connectivity index (χ0) is 16.7. The highest BCUT2D eigenvalue weighted by molar-refractivity contribution is 5.94.